The molecule has 4 heteroatoms. The van der Waals surface area contributed by atoms with Gasteiger partial charge in [0.1, 0.15) is 11.5 Å². The molecule has 0 saturated carbocycles. The van der Waals surface area contributed by atoms with Crippen molar-refractivity contribution in [1.29, 1.82) is 0 Å². The van der Waals surface area contributed by atoms with Crippen LogP contribution in [0, 0.1) is 6.92 Å². The van der Waals surface area contributed by atoms with E-state index in [1.54, 1.807) is 6.20 Å². The summed E-state index contributed by atoms with van der Waals surface area (Å²) in [7, 11) is 2.01. The predicted octanol–water partition coefficient (Wildman–Crippen LogP) is 1.29. The number of aryl methyl sites for hydroxylation is 1. The van der Waals surface area contributed by atoms with Crippen molar-refractivity contribution in [2.24, 2.45) is 12.8 Å². The monoisotopic (exact) mass is 216 g/mol. The van der Waals surface area contributed by atoms with Gasteiger partial charge in [-0.2, -0.15) is 0 Å². The number of pyridine rings is 1. The van der Waals surface area contributed by atoms with E-state index in [1.165, 1.54) is 0 Å². The van der Waals surface area contributed by atoms with Crippen LogP contribution in [-0.4, -0.2) is 21.1 Å². The quantitative estimate of drug-likeness (QED) is 0.841. The minimum absolute atomic E-state index is 0.624. The van der Waals surface area contributed by atoms with Gasteiger partial charge in [-0.15, -0.1) is 0 Å². The summed E-state index contributed by atoms with van der Waals surface area (Å²) >= 11 is 0. The third-order valence-electron chi connectivity index (χ3n) is 2.73. The summed E-state index contributed by atoms with van der Waals surface area (Å²) in [4.78, 5) is 8.87. The van der Waals surface area contributed by atoms with Gasteiger partial charge in [0.25, 0.3) is 0 Å². The highest BCUT2D eigenvalue weighted by Gasteiger charge is 2.13. The highest BCUT2D eigenvalue weighted by Crippen LogP contribution is 2.21. The first-order valence-corrected chi connectivity index (χ1v) is 5.37. The second-order valence-electron chi connectivity index (χ2n) is 3.77. The van der Waals surface area contributed by atoms with Crippen LogP contribution >= 0.6 is 0 Å². The van der Waals surface area contributed by atoms with Crippen LogP contribution in [-0.2, 0) is 13.5 Å². The third-order valence-corrected chi connectivity index (χ3v) is 2.73. The zero-order chi connectivity index (χ0) is 11.5. The lowest BCUT2D eigenvalue weighted by atomic mass is 10.2. The van der Waals surface area contributed by atoms with E-state index < -0.39 is 0 Å². The lowest BCUT2D eigenvalue weighted by molar-refractivity contribution is 0.777. The van der Waals surface area contributed by atoms with E-state index in [9.17, 15) is 0 Å². The van der Waals surface area contributed by atoms with Crippen molar-refractivity contribution in [3.63, 3.8) is 0 Å². The van der Waals surface area contributed by atoms with Crippen LogP contribution in [0.4, 0.5) is 0 Å². The lowest BCUT2D eigenvalue weighted by Crippen LogP contribution is -2.08. The Morgan fingerprint density at radius 1 is 1.38 bits per heavy atom. The average molecular weight is 216 g/mol. The molecule has 0 unspecified atom stereocenters. The average Bonchev–Trinajstić information content (AvgIpc) is 2.59. The van der Waals surface area contributed by atoms with Crippen LogP contribution in [0.1, 0.15) is 11.5 Å². The second-order valence-corrected chi connectivity index (χ2v) is 3.77. The Morgan fingerprint density at radius 2 is 2.19 bits per heavy atom. The summed E-state index contributed by atoms with van der Waals surface area (Å²) in [6.45, 7) is 2.62. The zero-order valence-electron chi connectivity index (χ0n) is 9.64. The molecule has 2 rings (SSSR count). The second kappa shape index (κ2) is 4.45. The number of hydrogen-bond donors (Lipinski definition) is 1. The van der Waals surface area contributed by atoms with Crippen molar-refractivity contribution in [3.05, 3.63) is 35.9 Å². The van der Waals surface area contributed by atoms with E-state index in [2.05, 4.69) is 14.5 Å². The highest BCUT2D eigenvalue weighted by atomic mass is 15.1. The first kappa shape index (κ1) is 10.8. The molecule has 0 aliphatic rings. The van der Waals surface area contributed by atoms with Gasteiger partial charge in [0, 0.05) is 25.4 Å². The van der Waals surface area contributed by atoms with Crippen LogP contribution < -0.4 is 5.73 Å². The van der Waals surface area contributed by atoms with Crippen LogP contribution in [0.3, 0.4) is 0 Å². The fourth-order valence-corrected chi connectivity index (χ4v) is 1.79. The van der Waals surface area contributed by atoms with Crippen LogP contribution in [0.15, 0.2) is 24.4 Å². The molecule has 4 nitrogen and oxygen atoms in total. The van der Waals surface area contributed by atoms with Crippen molar-refractivity contribution >= 4 is 0 Å². The van der Waals surface area contributed by atoms with Crippen molar-refractivity contribution in [2.45, 2.75) is 13.3 Å². The molecular weight excluding hydrogens is 200 g/mol. The standard InChI is InChI=1S/C12H16N4/c1-9-15-12(10-5-3-4-8-14-10)11(6-7-13)16(9)2/h3-5,8H,6-7,13H2,1-2H3. The molecule has 2 aromatic rings. The smallest absolute Gasteiger partial charge is 0.110 e. The summed E-state index contributed by atoms with van der Waals surface area (Å²) in [6.07, 6.45) is 2.61. The largest absolute Gasteiger partial charge is 0.335 e. The number of imidazole rings is 1. The van der Waals surface area contributed by atoms with Gasteiger partial charge < -0.3 is 10.3 Å². The number of aromatic nitrogens is 3. The lowest BCUT2D eigenvalue weighted by Gasteiger charge is -2.04. The molecule has 2 N–H and O–H groups in total. The summed E-state index contributed by atoms with van der Waals surface area (Å²) in [6, 6.07) is 5.85. The summed E-state index contributed by atoms with van der Waals surface area (Å²) in [5.74, 6) is 0.990. The van der Waals surface area contributed by atoms with Crippen molar-refractivity contribution in [2.75, 3.05) is 6.54 Å². The number of rotatable bonds is 3. The molecule has 2 heterocycles. The van der Waals surface area contributed by atoms with E-state index in [0.717, 1.165) is 29.3 Å². The van der Waals surface area contributed by atoms with E-state index in [0.29, 0.717) is 6.54 Å². The van der Waals surface area contributed by atoms with Crippen LogP contribution in [0.5, 0.6) is 0 Å². The van der Waals surface area contributed by atoms with Gasteiger partial charge in [0.2, 0.25) is 0 Å². The van der Waals surface area contributed by atoms with Gasteiger partial charge >= 0.3 is 0 Å². The normalized spacial score (nSPS) is 10.7. The Bertz CT molecular complexity index is 473. The van der Waals surface area contributed by atoms with Gasteiger partial charge in [-0.05, 0) is 25.6 Å². The molecule has 2 aromatic heterocycles. The molecule has 0 spiro atoms. The molecule has 16 heavy (non-hydrogen) atoms. The molecule has 0 saturated heterocycles. The van der Waals surface area contributed by atoms with Crippen molar-refractivity contribution in [1.82, 2.24) is 14.5 Å². The number of nitrogens with zero attached hydrogens (tertiary/aromatic N) is 3. The molecular formula is C12H16N4. The van der Waals surface area contributed by atoms with Crippen molar-refractivity contribution < 1.29 is 0 Å². The SMILES string of the molecule is Cc1nc(-c2ccccn2)c(CCN)n1C. The van der Waals surface area contributed by atoms with E-state index in [1.807, 2.05) is 32.2 Å². The first-order valence-electron chi connectivity index (χ1n) is 5.37. The summed E-state index contributed by atoms with van der Waals surface area (Å²) in [5, 5.41) is 0. The molecule has 0 atom stereocenters. The minimum atomic E-state index is 0.624. The Kier molecular flexibility index (Phi) is 3.01. The topological polar surface area (TPSA) is 56.7 Å². The van der Waals surface area contributed by atoms with Crippen molar-refractivity contribution in [3.8, 4) is 11.4 Å². The van der Waals surface area contributed by atoms with Gasteiger partial charge in [-0.1, -0.05) is 6.07 Å². The predicted molar refractivity (Wildman–Crippen MR) is 63.9 cm³/mol. The van der Waals surface area contributed by atoms with E-state index >= 15 is 0 Å². The number of hydrogen-bond acceptors (Lipinski definition) is 3. The summed E-state index contributed by atoms with van der Waals surface area (Å²) in [5.41, 5.74) is 8.64. The molecule has 0 radical (unpaired) electrons. The van der Waals surface area contributed by atoms with Crippen LogP contribution in [0.2, 0.25) is 0 Å². The Labute approximate surface area is 95.1 Å². The van der Waals surface area contributed by atoms with E-state index in [-0.39, 0.29) is 0 Å². The summed E-state index contributed by atoms with van der Waals surface area (Å²) < 4.78 is 2.08. The van der Waals surface area contributed by atoms with Crippen LogP contribution in [0.25, 0.3) is 11.4 Å². The maximum Gasteiger partial charge on any atom is 0.110 e. The maximum absolute atomic E-state index is 5.62. The van der Waals surface area contributed by atoms with Gasteiger partial charge in [0.15, 0.2) is 0 Å². The molecule has 0 aliphatic carbocycles. The van der Waals surface area contributed by atoms with Gasteiger partial charge in [-0.25, -0.2) is 4.98 Å². The van der Waals surface area contributed by atoms with Gasteiger partial charge in [-0.3, -0.25) is 4.98 Å². The Morgan fingerprint density at radius 3 is 2.81 bits per heavy atom. The molecule has 0 amide bonds. The Balaban J connectivity index is 2.52. The minimum Gasteiger partial charge on any atom is -0.335 e. The fourth-order valence-electron chi connectivity index (χ4n) is 1.79. The first-order chi connectivity index (χ1) is 7.74. The highest BCUT2D eigenvalue weighted by molar-refractivity contribution is 5.57. The molecule has 0 bridgehead atoms. The molecule has 0 aliphatic heterocycles. The third kappa shape index (κ3) is 1.84. The maximum atomic E-state index is 5.62. The fraction of sp³-hybridized carbons (Fsp3) is 0.333. The molecule has 84 valence electrons. The van der Waals surface area contributed by atoms with Gasteiger partial charge in [0.05, 0.1) is 5.69 Å². The van der Waals surface area contributed by atoms with E-state index in [4.69, 9.17) is 5.73 Å². The zero-order valence-corrected chi connectivity index (χ0v) is 9.64. The molecule has 0 aromatic carbocycles. The Hall–Kier alpha value is -1.68. The molecule has 0 fully saturated rings. The number of nitrogens with two attached hydrogens (primary N) is 1.